The van der Waals surface area contributed by atoms with E-state index in [1.54, 1.807) is 6.20 Å². The molecular formula is C18H22N2O. The van der Waals surface area contributed by atoms with Crippen LogP contribution in [0.25, 0.3) is 0 Å². The van der Waals surface area contributed by atoms with Gasteiger partial charge in [0, 0.05) is 25.4 Å². The van der Waals surface area contributed by atoms with Gasteiger partial charge in [0.05, 0.1) is 5.41 Å². The first-order valence-corrected chi connectivity index (χ1v) is 7.78. The van der Waals surface area contributed by atoms with E-state index in [-0.39, 0.29) is 5.41 Å². The summed E-state index contributed by atoms with van der Waals surface area (Å²) in [7, 11) is 1.93. The van der Waals surface area contributed by atoms with Crippen molar-refractivity contribution in [3.8, 4) is 0 Å². The maximum absolute atomic E-state index is 12.9. The average molecular weight is 282 g/mol. The van der Waals surface area contributed by atoms with Crippen LogP contribution in [0, 0.1) is 0 Å². The second-order valence-corrected chi connectivity index (χ2v) is 6.02. The Hall–Kier alpha value is -1.90. The molecule has 110 valence electrons. The predicted octanol–water partition coefficient (Wildman–Crippen LogP) is 3.43. The summed E-state index contributed by atoms with van der Waals surface area (Å²) in [6.07, 6.45) is 7.50. The van der Waals surface area contributed by atoms with Crippen molar-refractivity contribution in [2.24, 2.45) is 7.05 Å². The van der Waals surface area contributed by atoms with Crippen LogP contribution in [0.4, 0.5) is 0 Å². The number of carbonyl (C=O) groups is 1. The third kappa shape index (κ3) is 2.65. The number of hydrogen-bond acceptors (Lipinski definition) is 2. The Balaban J connectivity index is 1.78. The second-order valence-electron chi connectivity index (χ2n) is 6.02. The largest absolute Gasteiger partial charge is 0.299 e. The molecule has 1 saturated carbocycles. The zero-order chi connectivity index (χ0) is 14.7. The SMILES string of the molecule is Cn1nccc1CCC(=O)C1(c2ccccc2)CCCC1. The number of Topliss-reactive ketones (excluding diaryl/α,β-unsaturated/α-hetero) is 1. The van der Waals surface area contributed by atoms with E-state index in [4.69, 9.17) is 0 Å². The average Bonchev–Trinajstić information content (AvgIpc) is 3.16. The fourth-order valence-electron chi connectivity index (χ4n) is 3.59. The smallest absolute Gasteiger partial charge is 0.143 e. The molecule has 0 saturated heterocycles. The quantitative estimate of drug-likeness (QED) is 0.842. The summed E-state index contributed by atoms with van der Waals surface area (Å²) < 4.78 is 1.86. The number of benzene rings is 1. The van der Waals surface area contributed by atoms with Crippen LogP contribution >= 0.6 is 0 Å². The van der Waals surface area contributed by atoms with Gasteiger partial charge in [0.15, 0.2) is 0 Å². The summed E-state index contributed by atoms with van der Waals surface area (Å²) in [5.74, 6) is 0.396. The zero-order valence-corrected chi connectivity index (χ0v) is 12.6. The molecule has 0 spiro atoms. The highest BCUT2D eigenvalue weighted by atomic mass is 16.1. The van der Waals surface area contributed by atoms with Gasteiger partial charge in [-0.05, 0) is 30.9 Å². The van der Waals surface area contributed by atoms with Gasteiger partial charge in [-0.3, -0.25) is 9.48 Å². The van der Waals surface area contributed by atoms with Crippen molar-refractivity contribution in [1.82, 2.24) is 9.78 Å². The maximum atomic E-state index is 12.9. The number of ketones is 1. The van der Waals surface area contributed by atoms with E-state index in [0.29, 0.717) is 12.2 Å². The highest BCUT2D eigenvalue weighted by molar-refractivity contribution is 5.90. The van der Waals surface area contributed by atoms with Crippen LogP contribution in [0.1, 0.15) is 43.4 Å². The third-order valence-electron chi connectivity index (χ3n) is 4.85. The predicted molar refractivity (Wildman–Crippen MR) is 83.1 cm³/mol. The van der Waals surface area contributed by atoms with Crippen LogP contribution < -0.4 is 0 Å². The number of carbonyl (C=O) groups excluding carboxylic acids is 1. The minimum Gasteiger partial charge on any atom is -0.299 e. The van der Waals surface area contributed by atoms with Gasteiger partial charge in [-0.1, -0.05) is 43.2 Å². The Labute approximate surface area is 126 Å². The molecule has 0 bridgehead atoms. The molecule has 1 aliphatic rings. The minimum absolute atomic E-state index is 0.236. The van der Waals surface area contributed by atoms with Gasteiger partial charge >= 0.3 is 0 Å². The van der Waals surface area contributed by atoms with Gasteiger partial charge in [0.1, 0.15) is 5.78 Å². The van der Waals surface area contributed by atoms with Crippen molar-refractivity contribution >= 4 is 5.78 Å². The number of aryl methyl sites for hydroxylation is 2. The first-order valence-electron chi connectivity index (χ1n) is 7.78. The van der Waals surface area contributed by atoms with E-state index in [1.807, 2.05) is 36.0 Å². The van der Waals surface area contributed by atoms with E-state index in [9.17, 15) is 4.79 Å². The van der Waals surface area contributed by atoms with Gasteiger partial charge in [0.25, 0.3) is 0 Å². The van der Waals surface area contributed by atoms with Crippen molar-refractivity contribution < 1.29 is 4.79 Å². The van der Waals surface area contributed by atoms with Crippen molar-refractivity contribution in [3.63, 3.8) is 0 Å². The van der Waals surface area contributed by atoms with Crippen LogP contribution in [-0.4, -0.2) is 15.6 Å². The molecule has 0 amide bonds. The van der Waals surface area contributed by atoms with E-state index < -0.39 is 0 Å². The minimum atomic E-state index is -0.236. The highest BCUT2D eigenvalue weighted by Crippen LogP contribution is 2.42. The molecule has 1 fully saturated rings. The summed E-state index contributed by atoms with van der Waals surface area (Å²) in [5.41, 5.74) is 2.10. The summed E-state index contributed by atoms with van der Waals surface area (Å²) in [6.45, 7) is 0. The molecular weight excluding hydrogens is 260 g/mol. The van der Waals surface area contributed by atoms with E-state index in [1.165, 1.54) is 5.56 Å². The number of rotatable bonds is 5. The molecule has 1 aromatic heterocycles. The van der Waals surface area contributed by atoms with E-state index in [0.717, 1.165) is 37.8 Å². The lowest BCUT2D eigenvalue weighted by molar-refractivity contribution is -0.124. The topological polar surface area (TPSA) is 34.9 Å². The first kappa shape index (κ1) is 14.1. The standard InChI is InChI=1S/C18H22N2O/c1-20-16(11-14-19-20)9-10-17(21)18(12-5-6-13-18)15-7-3-2-4-8-15/h2-4,7-8,11,14H,5-6,9-10,12-13H2,1H3. The lowest BCUT2D eigenvalue weighted by Gasteiger charge is -2.28. The van der Waals surface area contributed by atoms with Gasteiger partial charge in [-0.15, -0.1) is 0 Å². The Kier molecular flexibility index (Phi) is 3.91. The third-order valence-corrected chi connectivity index (χ3v) is 4.85. The van der Waals surface area contributed by atoms with Crippen LogP contribution in [-0.2, 0) is 23.7 Å². The summed E-state index contributed by atoms with van der Waals surface area (Å²) in [5, 5.41) is 4.17. The Morgan fingerprint density at radius 1 is 1.19 bits per heavy atom. The van der Waals surface area contributed by atoms with Crippen molar-refractivity contribution in [2.75, 3.05) is 0 Å². The van der Waals surface area contributed by atoms with E-state index in [2.05, 4.69) is 17.2 Å². The molecule has 1 heterocycles. The van der Waals surface area contributed by atoms with Crippen LogP contribution in [0.2, 0.25) is 0 Å². The van der Waals surface area contributed by atoms with Gasteiger partial charge in [0.2, 0.25) is 0 Å². The zero-order valence-electron chi connectivity index (χ0n) is 12.6. The lowest BCUT2D eigenvalue weighted by atomic mass is 9.74. The maximum Gasteiger partial charge on any atom is 0.143 e. The van der Waals surface area contributed by atoms with Crippen LogP contribution in [0.3, 0.4) is 0 Å². The van der Waals surface area contributed by atoms with Crippen molar-refractivity contribution in [3.05, 3.63) is 53.9 Å². The Morgan fingerprint density at radius 3 is 2.52 bits per heavy atom. The van der Waals surface area contributed by atoms with Crippen molar-refractivity contribution in [1.29, 1.82) is 0 Å². The van der Waals surface area contributed by atoms with Gasteiger partial charge < -0.3 is 0 Å². The molecule has 0 unspecified atom stereocenters. The lowest BCUT2D eigenvalue weighted by Crippen LogP contribution is -2.33. The normalized spacial score (nSPS) is 17.0. The first-order chi connectivity index (χ1) is 10.2. The fraction of sp³-hybridized carbons (Fsp3) is 0.444. The summed E-state index contributed by atoms with van der Waals surface area (Å²) >= 11 is 0. The monoisotopic (exact) mass is 282 g/mol. The number of nitrogens with zero attached hydrogens (tertiary/aromatic N) is 2. The molecule has 0 radical (unpaired) electrons. The fourth-order valence-corrected chi connectivity index (χ4v) is 3.59. The second kappa shape index (κ2) is 5.84. The molecule has 3 nitrogen and oxygen atoms in total. The highest BCUT2D eigenvalue weighted by Gasteiger charge is 2.41. The van der Waals surface area contributed by atoms with Gasteiger partial charge in [-0.2, -0.15) is 5.10 Å². The number of hydrogen-bond donors (Lipinski definition) is 0. The summed E-state index contributed by atoms with van der Waals surface area (Å²) in [4.78, 5) is 12.9. The molecule has 3 rings (SSSR count). The molecule has 2 aromatic rings. The number of aromatic nitrogens is 2. The van der Waals surface area contributed by atoms with Crippen LogP contribution in [0.15, 0.2) is 42.6 Å². The molecule has 1 aliphatic carbocycles. The van der Waals surface area contributed by atoms with E-state index >= 15 is 0 Å². The molecule has 0 atom stereocenters. The summed E-state index contributed by atoms with van der Waals surface area (Å²) in [6, 6.07) is 12.3. The Bertz CT molecular complexity index is 609. The molecule has 0 aliphatic heterocycles. The van der Waals surface area contributed by atoms with Crippen LogP contribution in [0.5, 0.6) is 0 Å². The molecule has 21 heavy (non-hydrogen) atoms. The molecule has 1 aromatic carbocycles. The van der Waals surface area contributed by atoms with Crippen molar-refractivity contribution in [2.45, 2.75) is 43.9 Å². The Morgan fingerprint density at radius 2 is 1.90 bits per heavy atom. The molecule has 3 heteroatoms. The molecule has 0 N–H and O–H groups in total. The van der Waals surface area contributed by atoms with Gasteiger partial charge in [-0.25, -0.2) is 0 Å².